The third kappa shape index (κ3) is 4.38. The number of hydrogen-bond acceptors (Lipinski definition) is 4. The van der Waals surface area contributed by atoms with Crippen LogP contribution in [0.5, 0.6) is 0 Å². The van der Waals surface area contributed by atoms with Crippen LogP contribution < -0.4 is 0 Å². The minimum absolute atomic E-state index is 0.0688. The van der Waals surface area contributed by atoms with Crippen molar-refractivity contribution in [3.8, 4) is 0 Å². The van der Waals surface area contributed by atoms with E-state index in [1.807, 2.05) is 4.90 Å². The maximum absolute atomic E-state index is 12.3. The maximum Gasteiger partial charge on any atom is 0.274 e. The predicted molar refractivity (Wildman–Crippen MR) is 83.4 cm³/mol. The number of aromatic nitrogens is 2. The summed E-state index contributed by atoms with van der Waals surface area (Å²) in [4.78, 5) is 24.5. The monoisotopic (exact) mass is 310 g/mol. The lowest BCUT2D eigenvalue weighted by atomic mass is 9.95. The molecule has 0 spiro atoms. The molecule has 0 radical (unpaired) electrons. The zero-order valence-electron chi connectivity index (χ0n) is 12.9. The van der Waals surface area contributed by atoms with Gasteiger partial charge in [0.05, 0.1) is 12.4 Å². The van der Waals surface area contributed by atoms with Crippen LogP contribution in [0, 0.1) is 5.92 Å². The fraction of sp³-hybridized carbons (Fsp3) is 0.667. The molecule has 0 aliphatic carbocycles. The van der Waals surface area contributed by atoms with Crippen molar-refractivity contribution in [1.29, 1.82) is 0 Å². The molecule has 0 saturated carbocycles. The highest BCUT2D eigenvalue weighted by Gasteiger charge is 2.25. The Bertz CT molecular complexity index is 486. The SMILES string of the molecule is CC(C)N(C)CC1CCN(C(=O)c2cncc(Cl)n2)CC1. The Hall–Kier alpha value is -1.20. The Morgan fingerprint density at radius 2 is 2.10 bits per heavy atom. The first-order chi connectivity index (χ1) is 9.97. The topological polar surface area (TPSA) is 49.3 Å². The highest BCUT2D eigenvalue weighted by Crippen LogP contribution is 2.20. The van der Waals surface area contributed by atoms with Crippen LogP contribution in [0.3, 0.4) is 0 Å². The molecule has 0 N–H and O–H groups in total. The van der Waals surface area contributed by atoms with Gasteiger partial charge in [0.25, 0.3) is 5.91 Å². The maximum atomic E-state index is 12.3. The third-order valence-electron chi connectivity index (χ3n) is 4.15. The molecule has 5 nitrogen and oxygen atoms in total. The Morgan fingerprint density at radius 3 is 2.67 bits per heavy atom. The average Bonchev–Trinajstić information content (AvgIpc) is 2.47. The molecule has 0 unspecified atom stereocenters. The summed E-state index contributed by atoms with van der Waals surface area (Å²) >= 11 is 5.79. The van der Waals surface area contributed by atoms with Crippen LogP contribution in [0.1, 0.15) is 37.2 Å². The molecule has 0 aromatic carbocycles. The van der Waals surface area contributed by atoms with Crippen molar-refractivity contribution in [2.75, 3.05) is 26.7 Å². The zero-order chi connectivity index (χ0) is 15.4. The van der Waals surface area contributed by atoms with Gasteiger partial charge < -0.3 is 9.80 Å². The smallest absolute Gasteiger partial charge is 0.274 e. The summed E-state index contributed by atoms with van der Waals surface area (Å²) in [6.07, 6.45) is 4.99. The Morgan fingerprint density at radius 1 is 1.43 bits per heavy atom. The van der Waals surface area contributed by atoms with Gasteiger partial charge in [0.15, 0.2) is 0 Å². The zero-order valence-corrected chi connectivity index (χ0v) is 13.7. The molecule has 2 heterocycles. The summed E-state index contributed by atoms with van der Waals surface area (Å²) in [7, 11) is 2.16. The van der Waals surface area contributed by atoms with Crippen LogP contribution in [-0.2, 0) is 0 Å². The van der Waals surface area contributed by atoms with Gasteiger partial charge in [0.2, 0.25) is 0 Å². The van der Waals surface area contributed by atoms with Crippen LogP contribution in [-0.4, -0.2) is 58.4 Å². The predicted octanol–water partition coefficient (Wildman–Crippen LogP) is 2.32. The Kier molecular flexibility index (Phi) is 5.53. The van der Waals surface area contributed by atoms with Crippen LogP contribution >= 0.6 is 11.6 Å². The van der Waals surface area contributed by atoms with Crippen molar-refractivity contribution in [2.45, 2.75) is 32.7 Å². The van der Waals surface area contributed by atoms with Crippen LogP contribution in [0.4, 0.5) is 0 Å². The lowest BCUT2D eigenvalue weighted by Gasteiger charge is -2.34. The fourth-order valence-electron chi connectivity index (χ4n) is 2.54. The molecule has 1 fully saturated rings. The van der Waals surface area contributed by atoms with E-state index in [2.05, 4.69) is 35.8 Å². The molecule has 2 rings (SSSR count). The van der Waals surface area contributed by atoms with Crippen LogP contribution in [0.15, 0.2) is 12.4 Å². The molecular weight excluding hydrogens is 288 g/mol. The summed E-state index contributed by atoms with van der Waals surface area (Å²) in [5, 5.41) is 0.259. The van der Waals surface area contributed by atoms with Gasteiger partial charge in [0.1, 0.15) is 10.8 Å². The summed E-state index contributed by atoms with van der Waals surface area (Å²) in [5.41, 5.74) is 0.334. The number of nitrogens with zero attached hydrogens (tertiary/aromatic N) is 4. The molecule has 1 aliphatic rings. The lowest BCUT2D eigenvalue weighted by Crippen LogP contribution is -2.42. The first-order valence-corrected chi connectivity index (χ1v) is 7.82. The second kappa shape index (κ2) is 7.18. The Balaban J connectivity index is 1.87. The number of halogens is 1. The van der Waals surface area contributed by atoms with Crippen molar-refractivity contribution in [1.82, 2.24) is 19.8 Å². The number of hydrogen-bond donors (Lipinski definition) is 0. The van der Waals surface area contributed by atoms with E-state index in [1.165, 1.54) is 12.4 Å². The average molecular weight is 311 g/mol. The number of piperidine rings is 1. The normalized spacial score (nSPS) is 16.8. The van der Waals surface area contributed by atoms with E-state index in [0.717, 1.165) is 32.5 Å². The summed E-state index contributed by atoms with van der Waals surface area (Å²) in [6.45, 7) is 7.07. The van der Waals surface area contributed by atoms with E-state index in [4.69, 9.17) is 11.6 Å². The van der Waals surface area contributed by atoms with Gasteiger partial charge in [-0.1, -0.05) is 11.6 Å². The lowest BCUT2D eigenvalue weighted by molar-refractivity contribution is 0.0660. The van der Waals surface area contributed by atoms with Gasteiger partial charge in [-0.05, 0) is 39.7 Å². The largest absolute Gasteiger partial charge is 0.337 e. The molecule has 0 atom stereocenters. The van der Waals surface area contributed by atoms with E-state index in [0.29, 0.717) is 17.7 Å². The second-order valence-corrected chi connectivity index (χ2v) is 6.38. The van der Waals surface area contributed by atoms with Crippen LogP contribution in [0.25, 0.3) is 0 Å². The number of amides is 1. The summed E-state index contributed by atoms with van der Waals surface area (Å²) < 4.78 is 0. The van der Waals surface area contributed by atoms with Crippen molar-refractivity contribution in [2.24, 2.45) is 5.92 Å². The summed E-state index contributed by atoms with van der Waals surface area (Å²) in [5.74, 6) is 0.590. The molecule has 6 heteroatoms. The molecular formula is C15H23ClN4O. The molecule has 0 bridgehead atoms. The molecule has 21 heavy (non-hydrogen) atoms. The van der Waals surface area contributed by atoms with E-state index >= 15 is 0 Å². The van der Waals surface area contributed by atoms with Crippen molar-refractivity contribution in [3.05, 3.63) is 23.2 Å². The van der Waals surface area contributed by atoms with E-state index in [9.17, 15) is 4.79 Å². The molecule has 1 aromatic rings. The minimum Gasteiger partial charge on any atom is -0.337 e. The number of rotatable bonds is 4. The third-order valence-corrected chi connectivity index (χ3v) is 4.34. The van der Waals surface area contributed by atoms with Gasteiger partial charge in [0, 0.05) is 25.7 Å². The van der Waals surface area contributed by atoms with Crippen molar-refractivity contribution in [3.63, 3.8) is 0 Å². The van der Waals surface area contributed by atoms with Gasteiger partial charge >= 0.3 is 0 Å². The summed E-state index contributed by atoms with van der Waals surface area (Å²) in [6, 6.07) is 0.561. The Labute approximate surface area is 131 Å². The molecule has 116 valence electrons. The van der Waals surface area contributed by atoms with E-state index in [1.54, 1.807) is 0 Å². The highest BCUT2D eigenvalue weighted by molar-refractivity contribution is 6.29. The second-order valence-electron chi connectivity index (χ2n) is 6.00. The fourth-order valence-corrected chi connectivity index (χ4v) is 2.69. The van der Waals surface area contributed by atoms with E-state index in [-0.39, 0.29) is 11.1 Å². The number of likely N-dealkylation sites (tertiary alicyclic amines) is 1. The molecule has 1 saturated heterocycles. The number of carbonyl (C=O) groups excluding carboxylic acids is 1. The quantitative estimate of drug-likeness (QED) is 0.856. The standard InChI is InChI=1S/C15H23ClN4O/c1-11(2)19(3)10-12-4-6-20(7-5-12)15(21)13-8-17-9-14(16)18-13/h8-9,11-12H,4-7,10H2,1-3H3. The van der Waals surface area contributed by atoms with Gasteiger partial charge in [-0.2, -0.15) is 0 Å². The van der Waals surface area contributed by atoms with Crippen molar-refractivity contribution < 1.29 is 4.79 Å². The first-order valence-electron chi connectivity index (χ1n) is 7.44. The van der Waals surface area contributed by atoms with Crippen molar-refractivity contribution >= 4 is 17.5 Å². The minimum atomic E-state index is -0.0688. The van der Waals surface area contributed by atoms with E-state index < -0.39 is 0 Å². The van der Waals surface area contributed by atoms with Crippen LogP contribution in [0.2, 0.25) is 5.15 Å². The van der Waals surface area contributed by atoms with Gasteiger partial charge in [-0.3, -0.25) is 9.78 Å². The highest BCUT2D eigenvalue weighted by atomic mass is 35.5. The number of carbonyl (C=O) groups is 1. The van der Waals surface area contributed by atoms with Gasteiger partial charge in [-0.25, -0.2) is 4.98 Å². The van der Waals surface area contributed by atoms with Gasteiger partial charge in [-0.15, -0.1) is 0 Å². The molecule has 1 amide bonds. The molecule has 1 aliphatic heterocycles. The molecule has 1 aromatic heterocycles. The first kappa shape index (κ1) is 16.2.